The Morgan fingerprint density at radius 1 is 1.15 bits per heavy atom. The number of rotatable bonds is 0. The van der Waals surface area contributed by atoms with Gasteiger partial charge >= 0.3 is 58.7 Å². The first-order chi connectivity index (χ1) is 5.54. The minimum absolute atomic E-state index is 0. The molecule has 0 saturated carbocycles. The van der Waals surface area contributed by atoms with Gasteiger partial charge in [0.2, 0.25) is 0 Å². The van der Waals surface area contributed by atoms with E-state index in [1.54, 1.807) is 18.2 Å². The third-order valence-corrected chi connectivity index (χ3v) is 1.50. The molecule has 0 heterocycles. The van der Waals surface area contributed by atoms with Gasteiger partial charge in [-0.05, 0) is 0 Å². The minimum Gasteiger partial charge on any atom is -0.402 e. The molecule has 13 heavy (non-hydrogen) atoms. The Morgan fingerprint density at radius 3 is 1.85 bits per heavy atom. The summed E-state index contributed by atoms with van der Waals surface area (Å²) in [5.74, 6) is 0. The van der Waals surface area contributed by atoms with Crippen LogP contribution in [-0.4, -0.2) is 22.4 Å². The Kier molecular flexibility index (Phi) is 12.8. The maximum absolute atomic E-state index is 7.17. The van der Waals surface area contributed by atoms with Crippen molar-refractivity contribution in [3.8, 4) is 0 Å². The van der Waals surface area contributed by atoms with Gasteiger partial charge in [0.15, 0.2) is 0 Å². The molecule has 1 rings (SSSR count). The van der Waals surface area contributed by atoms with E-state index in [-0.39, 0.29) is 51.4 Å². The average Bonchev–Trinajstić information content (AvgIpc) is 1.94. The van der Waals surface area contributed by atoms with Gasteiger partial charge in [-0.25, -0.2) is 0 Å². The maximum Gasteiger partial charge on any atom is 1.00 e. The molecule has 0 aliphatic carbocycles. The third-order valence-electron chi connectivity index (χ3n) is 0.764. The molecule has 1 aromatic rings. The van der Waals surface area contributed by atoms with Gasteiger partial charge in [0.25, 0.3) is 0 Å². The normalized spacial score (nSPS) is 7.77. The molecule has 0 fully saturated rings. The first-order valence-electron chi connectivity index (χ1n) is 2.89. The van der Waals surface area contributed by atoms with Crippen molar-refractivity contribution >= 4 is 30.5 Å². The predicted octanol–water partition coefficient (Wildman–Crippen LogP) is -2.25. The van der Waals surface area contributed by atoms with Gasteiger partial charge in [0, 0.05) is 0 Å². The summed E-state index contributed by atoms with van der Waals surface area (Å²) in [6, 6.07) is 7.83. The fourth-order valence-corrected chi connectivity index (χ4v) is 0.635. The maximum atomic E-state index is 7.17. The molecule has 3 N–H and O–H groups in total. The van der Waals surface area contributed by atoms with Crippen LogP contribution in [0.5, 0.6) is 0 Å². The Balaban J connectivity index is 0. The van der Waals surface area contributed by atoms with Gasteiger partial charge in [-0.1, -0.05) is 10.0 Å². The van der Waals surface area contributed by atoms with Crippen molar-refractivity contribution in [2.45, 2.75) is 0 Å². The molecule has 0 radical (unpaired) electrons. The monoisotopic (exact) mass is 246 g/mol. The molecule has 0 bridgehead atoms. The Hall–Kier alpha value is 1.38. The van der Waals surface area contributed by atoms with E-state index < -0.39 is 7.32 Å². The molecule has 0 amide bonds. The summed E-state index contributed by atoms with van der Waals surface area (Å²) < 4.78 is 0. The van der Waals surface area contributed by atoms with Crippen LogP contribution in [-0.2, 0) is 0 Å². The van der Waals surface area contributed by atoms with Crippen molar-refractivity contribution < 1.29 is 66.5 Å². The van der Waals surface area contributed by atoms with Crippen LogP contribution in [0.25, 0.3) is 0 Å². The van der Waals surface area contributed by atoms with E-state index >= 15 is 0 Å². The van der Waals surface area contributed by atoms with Gasteiger partial charge in [0.1, 0.15) is 0 Å². The summed E-state index contributed by atoms with van der Waals surface area (Å²) in [6.07, 6.45) is 0. The molecule has 1 aromatic carbocycles. The molecule has 0 aliphatic rings. The Morgan fingerprint density at radius 2 is 1.62 bits per heavy atom. The van der Waals surface area contributed by atoms with Crippen LogP contribution in [0.3, 0.4) is 0 Å². The van der Waals surface area contributed by atoms with E-state index in [2.05, 4.69) is 6.07 Å². The van der Waals surface area contributed by atoms with Crippen LogP contribution < -0.4 is 51.4 Å². The molecule has 0 atom stereocenters. The molecule has 0 spiro atoms. The zero-order valence-corrected chi connectivity index (χ0v) is 11.5. The fraction of sp³-hybridized carbons (Fsp3) is 0. The average molecular weight is 247 g/mol. The van der Waals surface area contributed by atoms with E-state index in [9.17, 15) is 0 Å². The molecule has 0 aliphatic heterocycles. The van der Waals surface area contributed by atoms with Crippen molar-refractivity contribution in [2.24, 2.45) is 0 Å². The summed E-state index contributed by atoms with van der Waals surface area (Å²) >= 11 is 11.1. The number of benzene rings is 1. The van der Waals surface area contributed by atoms with Crippen molar-refractivity contribution in [3.05, 3.63) is 34.3 Å². The van der Waals surface area contributed by atoms with Crippen LogP contribution in [0.4, 0.5) is 0 Å². The number of hydrogen-bond donors (Lipinski definition) is 3. The second-order valence-corrected chi connectivity index (χ2v) is 2.50. The van der Waals surface area contributed by atoms with E-state index in [4.69, 9.17) is 38.3 Å². The molecular formula is C6H6BCl2KO3. The smallest absolute Gasteiger partial charge is 0.402 e. The van der Waals surface area contributed by atoms with Gasteiger partial charge in [-0.15, -0.1) is 11.6 Å². The molecule has 0 unspecified atom stereocenters. The first kappa shape index (κ1) is 16.8. The second-order valence-electron chi connectivity index (χ2n) is 1.69. The quantitative estimate of drug-likeness (QED) is 0.358. The third kappa shape index (κ3) is 11.3. The summed E-state index contributed by atoms with van der Waals surface area (Å²) in [7, 11) is -2.17. The van der Waals surface area contributed by atoms with E-state index in [0.717, 1.165) is 0 Å². The Labute approximate surface area is 129 Å². The molecule has 0 saturated heterocycles. The zero-order valence-electron chi connectivity index (χ0n) is 6.91. The number of hydrogen-bond acceptors (Lipinski definition) is 3. The first-order valence-corrected chi connectivity index (χ1v) is 3.65. The van der Waals surface area contributed by atoms with E-state index in [1.807, 2.05) is 0 Å². The molecular weight excluding hydrogens is 241 g/mol. The standard InChI is InChI=1S/C6H3Cl2.BH3O3.K/c7-5-3-1-2-4-6(5)8;2-1(3)4;/h1,3-4H;2-4H;/q-1;;+1. The van der Waals surface area contributed by atoms with Crippen LogP contribution in [0.1, 0.15) is 0 Å². The minimum atomic E-state index is -2.17. The van der Waals surface area contributed by atoms with Gasteiger partial charge in [0.05, 0.1) is 0 Å². The van der Waals surface area contributed by atoms with Crippen molar-refractivity contribution in [1.29, 1.82) is 0 Å². The van der Waals surface area contributed by atoms with Crippen molar-refractivity contribution in [3.63, 3.8) is 0 Å². The SMILES string of the molecule is Clc1c[c-]ccc1Cl.OB(O)O.[K+]. The van der Waals surface area contributed by atoms with Gasteiger partial charge in [-0.3, -0.25) is 0 Å². The van der Waals surface area contributed by atoms with Gasteiger partial charge < -0.3 is 15.1 Å². The van der Waals surface area contributed by atoms with E-state index in [0.29, 0.717) is 10.0 Å². The van der Waals surface area contributed by atoms with Crippen LogP contribution in [0.2, 0.25) is 10.0 Å². The van der Waals surface area contributed by atoms with Crippen LogP contribution >= 0.6 is 23.2 Å². The Bertz CT molecular complexity index is 213. The van der Waals surface area contributed by atoms with Crippen LogP contribution in [0.15, 0.2) is 18.2 Å². The van der Waals surface area contributed by atoms with Crippen LogP contribution in [0, 0.1) is 6.07 Å². The zero-order chi connectivity index (χ0) is 9.56. The topological polar surface area (TPSA) is 60.7 Å². The fourth-order valence-electron chi connectivity index (χ4n) is 0.391. The summed E-state index contributed by atoms with van der Waals surface area (Å²) in [5.41, 5.74) is 0. The molecule has 3 nitrogen and oxygen atoms in total. The van der Waals surface area contributed by atoms with Gasteiger partial charge in [-0.2, -0.15) is 35.9 Å². The van der Waals surface area contributed by atoms with E-state index in [1.165, 1.54) is 0 Å². The molecule has 66 valence electrons. The molecule has 0 aromatic heterocycles. The molecule has 7 heteroatoms. The summed E-state index contributed by atoms with van der Waals surface area (Å²) in [5, 5.41) is 22.6. The number of halogens is 2. The van der Waals surface area contributed by atoms with Crippen molar-refractivity contribution in [1.82, 2.24) is 0 Å². The van der Waals surface area contributed by atoms with Crippen molar-refractivity contribution in [2.75, 3.05) is 0 Å². The summed E-state index contributed by atoms with van der Waals surface area (Å²) in [4.78, 5) is 0. The predicted molar refractivity (Wildman–Crippen MR) is 47.7 cm³/mol. The largest absolute Gasteiger partial charge is 1.00 e. The summed E-state index contributed by atoms with van der Waals surface area (Å²) in [6.45, 7) is 0. The second kappa shape index (κ2) is 9.92.